The molecule has 2 rings (SSSR count). The van der Waals surface area contributed by atoms with Crippen molar-refractivity contribution in [3.63, 3.8) is 0 Å². The molecule has 2 N–H and O–H groups in total. The predicted octanol–water partition coefficient (Wildman–Crippen LogP) is 2.12. The molecule has 0 saturated heterocycles. The second kappa shape index (κ2) is 5.40. The van der Waals surface area contributed by atoms with Gasteiger partial charge in [-0.3, -0.25) is 0 Å². The van der Waals surface area contributed by atoms with Crippen LogP contribution in [0.15, 0.2) is 24.3 Å². The van der Waals surface area contributed by atoms with Crippen molar-refractivity contribution >= 4 is 11.7 Å². The van der Waals surface area contributed by atoms with Gasteiger partial charge >= 0.3 is 5.97 Å². The minimum atomic E-state index is -0.928. The Morgan fingerprint density at radius 2 is 1.94 bits per heavy atom. The summed E-state index contributed by atoms with van der Waals surface area (Å²) in [5, 5.41) is 19.2. The van der Waals surface area contributed by atoms with E-state index in [2.05, 4.69) is 0 Å². The predicted molar refractivity (Wildman–Crippen MR) is 70.1 cm³/mol. The van der Waals surface area contributed by atoms with E-state index in [-0.39, 0.29) is 17.7 Å². The lowest BCUT2D eigenvalue weighted by Gasteiger charge is -2.37. The molecule has 0 bridgehead atoms. The lowest BCUT2D eigenvalue weighted by molar-refractivity contribution is 0.0695. The molecule has 1 aliphatic carbocycles. The van der Waals surface area contributed by atoms with E-state index in [9.17, 15) is 15.0 Å². The SMILES string of the molecule is CN(c1ccccc1C(=O)O)C1CCCCC1O. The number of hydrogen-bond acceptors (Lipinski definition) is 3. The number of carbonyl (C=O) groups is 1. The van der Waals surface area contributed by atoms with Crippen LogP contribution in [0, 0.1) is 0 Å². The fourth-order valence-corrected chi connectivity index (χ4v) is 2.68. The van der Waals surface area contributed by atoms with E-state index in [0.29, 0.717) is 5.69 Å². The monoisotopic (exact) mass is 249 g/mol. The van der Waals surface area contributed by atoms with Crippen LogP contribution in [0.1, 0.15) is 36.0 Å². The molecule has 1 aromatic rings. The highest BCUT2D eigenvalue weighted by molar-refractivity contribution is 5.94. The summed E-state index contributed by atoms with van der Waals surface area (Å²) in [5.74, 6) is -0.928. The van der Waals surface area contributed by atoms with Crippen LogP contribution >= 0.6 is 0 Å². The van der Waals surface area contributed by atoms with Crippen LogP contribution in [0.3, 0.4) is 0 Å². The fourth-order valence-electron chi connectivity index (χ4n) is 2.68. The number of aliphatic hydroxyl groups excluding tert-OH is 1. The fraction of sp³-hybridized carbons (Fsp3) is 0.500. The average molecular weight is 249 g/mol. The van der Waals surface area contributed by atoms with Gasteiger partial charge in [-0.05, 0) is 25.0 Å². The van der Waals surface area contributed by atoms with E-state index < -0.39 is 5.97 Å². The van der Waals surface area contributed by atoms with Gasteiger partial charge < -0.3 is 15.1 Å². The van der Waals surface area contributed by atoms with Crippen LogP contribution < -0.4 is 4.90 Å². The Labute approximate surface area is 107 Å². The number of rotatable bonds is 3. The summed E-state index contributed by atoms with van der Waals surface area (Å²) >= 11 is 0. The smallest absolute Gasteiger partial charge is 0.337 e. The number of likely N-dealkylation sites (N-methyl/N-ethyl adjacent to an activating group) is 1. The number of aromatic carboxylic acids is 1. The molecule has 2 unspecified atom stereocenters. The summed E-state index contributed by atoms with van der Waals surface area (Å²) in [6, 6.07) is 6.96. The van der Waals surface area contributed by atoms with Crippen molar-refractivity contribution in [1.29, 1.82) is 0 Å². The zero-order valence-corrected chi connectivity index (χ0v) is 10.5. The van der Waals surface area contributed by atoms with Crippen LogP contribution in [0.5, 0.6) is 0 Å². The Morgan fingerprint density at radius 3 is 2.61 bits per heavy atom. The molecule has 1 aromatic carbocycles. The zero-order valence-electron chi connectivity index (χ0n) is 10.5. The van der Waals surface area contributed by atoms with E-state index in [4.69, 9.17) is 0 Å². The maximum atomic E-state index is 11.2. The van der Waals surface area contributed by atoms with E-state index >= 15 is 0 Å². The van der Waals surface area contributed by atoms with Gasteiger partial charge in [-0.15, -0.1) is 0 Å². The third-order valence-electron chi connectivity index (χ3n) is 3.71. The molecule has 0 radical (unpaired) electrons. The van der Waals surface area contributed by atoms with Gasteiger partial charge in [-0.1, -0.05) is 25.0 Å². The van der Waals surface area contributed by atoms with Crippen molar-refractivity contribution in [3.8, 4) is 0 Å². The number of carboxylic acids is 1. The van der Waals surface area contributed by atoms with E-state index in [1.54, 1.807) is 18.2 Å². The van der Waals surface area contributed by atoms with Crippen molar-refractivity contribution < 1.29 is 15.0 Å². The minimum absolute atomic E-state index is 0.0132. The first-order valence-corrected chi connectivity index (χ1v) is 6.34. The lowest BCUT2D eigenvalue weighted by Crippen LogP contribution is -2.44. The molecule has 1 saturated carbocycles. The number of aliphatic hydroxyl groups is 1. The topological polar surface area (TPSA) is 60.8 Å². The van der Waals surface area contributed by atoms with Gasteiger partial charge in [0.05, 0.1) is 23.4 Å². The first-order chi connectivity index (χ1) is 8.61. The zero-order chi connectivity index (χ0) is 13.1. The van der Waals surface area contributed by atoms with Gasteiger partial charge in [0.25, 0.3) is 0 Å². The third kappa shape index (κ3) is 2.48. The molecule has 0 spiro atoms. The lowest BCUT2D eigenvalue weighted by atomic mass is 9.91. The number of benzene rings is 1. The molecule has 1 fully saturated rings. The summed E-state index contributed by atoms with van der Waals surface area (Å²) in [5.41, 5.74) is 0.966. The summed E-state index contributed by atoms with van der Waals surface area (Å²) in [6.07, 6.45) is 3.47. The highest BCUT2D eigenvalue weighted by Gasteiger charge is 2.28. The Balaban J connectivity index is 2.27. The molecule has 4 heteroatoms. The number of hydrogen-bond donors (Lipinski definition) is 2. The van der Waals surface area contributed by atoms with Gasteiger partial charge in [-0.25, -0.2) is 4.79 Å². The summed E-state index contributed by atoms with van der Waals surface area (Å²) in [4.78, 5) is 13.1. The number of para-hydroxylation sites is 1. The Kier molecular flexibility index (Phi) is 3.87. The van der Waals surface area contributed by atoms with Gasteiger partial charge in [0.1, 0.15) is 0 Å². The standard InChI is InChI=1S/C14H19NO3/c1-15(12-8-4-5-9-13(12)16)11-7-3-2-6-10(11)14(17)18/h2-3,6-7,12-13,16H,4-5,8-9H2,1H3,(H,17,18). The van der Waals surface area contributed by atoms with E-state index in [1.807, 2.05) is 18.0 Å². The van der Waals surface area contributed by atoms with Crippen molar-refractivity contribution in [2.45, 2.75) is 37.8 Å². The molecule has 0 amide bonds. The normalized spacial score (nSPS) is 23.7. The van der Waals surface area contributed by atoms with Crippen LogP contribution in [0.25, 0.3) is 0 Å². The number of carboxylic acid groups (broad SMARTS) is 1. The highest BCUT2D eigenvalue weighted by atomic mass is 16.4. The Morgan fingerprint density at radius 1 is 1.28 bits per heavy atom. The van der Waals surface area contributed by atoms with Crippen molar-refractivity contribution in [1.82, 2.24) is 0 Å². The van der Waals surface area contributed by atoms with Gasteiger partial charge in [0.15, 0.2) is 0 Å². The number of anilines is 1. The molecular weight excluding hydrogens is 230 g/mol. The van der Waals surface area contributed by atoms with Gasteiger partial charge in [-0.2, -0.15) is 0 Å². The van der Waals surface area contributed by atoms with Gasteiger partial charge in [0, 0.05) is 7.05 Å². The molecule has 2 atom stereocenters. The second-order valence-corrected chi connectivity index (χ2v) is 4.85. The van der Waals surface area contributed by atoms with Crippen molar-refractivity contribution in [2.24, 2.45) is 0 Å². The average Bonchev–Trinajstić information content (AvgIpc) is 2.38. The highest BCUT2D eigenvalue weighted by Crippen LogP contribution is 2.28. The summed E-state index contributed by atoms with van der Waals surface area (Å²) in [6.45, 7) is 0. The molecule has 0 aliphatic heterocycles. The van der Waals surface area contributed by atoms with Crippen LogP contribution in [-0.2, 0) is 0 Å². The van der Waals surface area contributed by atoms with Gasteiger partial charge in [0.2, 0.25) is 0 Å². The third-order valence-corrected chi connectivity index (χ3v) is 3.71. The van der Waals surface area contributed by atoms with Crippen LogP contribution in [0.4, 0.5) is 5.69 Å². The molecule has 0 heterocycles. The van der Waals surface area contributed by atoms with Crippen molar-refractivity contribution in [3.05, 3.63) is 29.8 Å². The van der Waals surface area contributed by atoms with Crippen LogP contribution in [0.2, 0.25) is 0 Å². The molecule has 18 heavy (non-hydrogen) atoms. The van der Waals surface area contributed by atoms with E-state index in [0.717, 1.165) is 25.7 Å². The summed E-state index contributed by atoms with van der Waals surface area (Å²) in [7, 11) is 1.86. The Bertz CT molecular complexity index is 433. The summed E-state index contributed by atoms with van der Waals surface area (Å²) < 4.78 is 0. The molecule has 1 aliphatic rings. The van der Waals surface area contributed by atoms with Crippen LogP contribution in [-0.4, -0.2) is 35.4 Å². The number of nitrogens with zero attached hydrogens (tertiary/aromatic N) is 1. The van der Waals surface area contributed by atoms with Crippen molar-refractivity contribution in [2.75, 3.05) is 11.9 Å². The minimum Gasteiger partial charge on any atom is -0.478 e. The molecule has 0 aromatic heterocycles. The first-order valence-electron chi connectivity index (χ1n) is 6.34. The van der Waals surface area contributed by atoms with E-state index in [1.165, 1.54) is 0 Å². The molecule has 4 nitrogen and oxygen atoms in total. The second-order valence-electron chi connectivity index (χ2n) is 4.85. The maximum absolute atomic E-state index is 11.2. The molecule has 98 valence electrons. The maximum Gasteiger partial charge on any atom is 0.337 e. The first kappa shape index (κ1) is 12.9. The largest absolute Gasteiger partial charge is 0.478 e. The quantitative estimate of drug-likeness (QED) is 0.861. The molecular formula is C14H19NO3. The Hall–Kier alpha value is -1.55.